The lowest BCUT2D eigenvalue weighted by Gasteiger charge is -2.39. The molecule has 0 bridgehead atoms. The summed E-state index contributed by atoms with van der Waals surface area (Å²) >= 11 is 0. The van der Waals surface area contributed by atoms with E-state index in [1.807, 2.05) is 43.1 Å². The Hall–Kier alpha value is -1.39. The molecule has 18 heavy (non-hydrogen) atoms. The van der Waals surface area contributed by atoms with Gasteiger partial charge in [-0.2, -0.15) is 0 Å². The number of rotatable bonds is 3. The van der Waals surface area contributed by atoms with E-state index in [0.717, 1.165) is 24.2 Å². The van der Waals surface area contributed by atoms with Crippen LogP contribution in [0.3, 0.4) is 0 Å². The number of anilines is 1. The SMILES string of the molecule is Cc1ccccc1N1CC(CCN)N(C)CC1=O. The van der Waals surface area contributed by atoms with Crippen LogP contribution in [0, 0.1) is 6.92 Å². The molecule has 98 valence electrons. The number of carbonyl (C=O) groups excluding carboxylic acids is 1. The molecule has 1 fully saturated rings. The van der Waals surface area contributed by atoms with Crippen molar-refractivity contribution < 1.29 is 4.79 Å². The molecular formula is C14H21N3O. The van der Waals surface area contributed by atoms with Crippen molar-refractivity contribution in [3.63, 3.8) is 0 Å². The molecule has 1 aliphatic heterocycles. The second-order valence-electron chi connectivity index (χ2n) is 4.94. The van der Waals surface area contributed by atoms with E-state index in [2.05, 4.69) is 4.90 Å². The highest BCUT2D eigenvalue weighted by atomic mass is 16.2. The van der Waals surface area contributed by atoms with Crippen LogP contribution < -0.4 is 10.6 Å². The van der Waals surface area contributed by atoms with E-state index < -0.39 is 0 Å². The first-order valence-electron chi connectivity index (χ1n) is 6.39. The average Bonchev–Trinajstić information content (AvgIpc) is 2.34. The molecule has 0 saturated carbocycles. The van der Waals surface area contributed by atoms with Crippen LogP contribution in [0.15, 0.2) is 24.3 Å². The molecule has 2 N–H and O–H groups in total. The number of aryl methyl sites for hydroxylation is 1. The Bertz CT molecular complexity index is 433. The normalized spacial score (nSPS) is 21.4. The second-order valence-corrected chi connectivity index (χ2v) is 4.94. The number of hydrogen-bond acceptors (Lipinski definition) is 3. The van der Waals surface area contributed by atoms with E-state index in [0.29, 0.717) is 19.1 Å². The highest BCUT2D eigenvalue weighted by molar-refractivity contribution is 5.96. The third kappa shape index (κ3) is 2.54. The maximum absolute atomic E-state index is 12.2. The van der Waals surface area contributed by atoms with Crippen LogP contribution in [0.2, 0.25) is 0 Å². The Morgan fingerprint density at radius 2 is 2.11 bits per heavy atom. The molecular weight excluding hydrogens is 226 g/mol. The fraction of sp³-hybridized carbons (Fsp3) is 0.500. The molecule has 4 nitrogen and oxygen atoms in total. The number of hydrogen-bond donors (Lipinski definition) is 1. The lowest BCUT2D eigenvalue weighted by Crippen LogP contribution is -2.55. The van der Waals surface area contributed by atoms with Crippen LogP contribution in [0.4, 0.5) is 5.69 Å². The predicted octanol–water partition coefficient (Wildman–Crippen LogP) is 0.991. The number of benzene rings is 1. The van der Waals surface area contributed by atoms with E-state index in [4.69, 9.17) is 5.73 Å². The molecule has 1 amide bonds. The van der Waals surface area contributed by atoms with E-state index >= 15 is 0 Å². The van der Waals surface area contributed by atoms with Crippen LogP contribution in [0.5, 0.6) is 0 Å². The summed E-state index contributed by atoms with van der Waals surface area (Å²) in [6, 6.07) is 8.38. The first-order chi connectivity index (χ1) is 8.63. The van der Waals surface area contributed by atoms with Gasteiger partial charge in [-0.3, -0.25) is 9.69 Å². The molecule has 1 unspecified atom stereocenters. The lowest BCUT2D eigenvalue weighted by atomic mass is 10.1. The van der Waals surface area contributed by atoms with Crippen molar-refractivity contribution >= 4 is 11.6 Å². The fourth-order valence-electron chi connectivity index (χ4n) is 2.48. The standard InChI is InChI=1S/C14H21N3O/c1-11-5-3-4-6-13(11)17-9-12(7-8-15)16(2)10-14(17)18/h3-6,12H,7-10,15H2,1-2H3. The van der Waals surface area contributed by atoms with Crippen molar-refractivity contribution in [2.75, 3.05) is 31.6 Å². The summed E-state index contributed by atoms with van der Waals surface area (Å²) in [5.41, 5.74) is 7.81. The van der Waals surface area contributed by atoms with Gasteiger partial charge in [-0.1, -0.05) is 18.2 Å². The average molecular weight is 247 g/mol. The van der Waals surface area contributed by atoms with Crippen molar-refractivity contribution in [1.29, 1.82) is 0 Å². The first-order valence-corrected chi connectivity index (χ1v) is 6.39. The van der Waals surface area contributed by atoms with E-state index in [-0.39, 0.29) is 5.91 Å². The van der Waals surface area contributed by atoms with Gasteiger partial charge in [0.2, 0.25) is 5.91 Å². The molecule has 1 aromatic carbocycles. The molecule has 1 aromatic rings. The smallest absolute Gasteiger partial charge is 0.241 e. The van der Waals surface area contributed by atoms with Gasteiger partial charge < -0.3 is 10.6 Å². The molecule has 1 heterocycles. The third-order valence-electron chi connectivity index (χ3n) is 3.61. The maximum atomic E-state index is 12.2. The summed E-state index contributed by atoms with van der Waals surface area (Å²) in [6.07, 6.45) is 0.923. The summed E-state index contributed by atoms with van der Waals surface area (Å²) in [4.78, 5) is 16.2. The van der Waals surface area contributed by atoms with Crippen LogP contribution in [0.1, 0.15) is 12.0 Å². The topological polar surface area (TPSA) is 49.6 Å². The van der Waals surface area contributed by atoms with Gasteiger partial charge in [0.1, 0.15) is 0 Å². The Morgan fingerprint density at radius 3 is 2.78 bits per heavy atom. The van der Waals surface area contributed by atoms with Gasteiger partial charge >= 0.3 is 0 Å². The number of piperazine rings is 1. The zero-order valence-electron chi connectivity index (χ0n) is 11.1. The number of para-hydroxylation sites is 1. The van der Waals surface area contributed by atoms with Crippen LogP contribution >= 0.6 is 0 Å². The quantitative estimate of drug-likeness (QED) is 0.866. The second kappa shape index (κ2) is 5.50. The van der Waals surface area contributed by atoms with Crippen LogP contribution in [0.25, 0.3) is 0 Å². The largest absolute Gasteiger partial charge is 0.330 e. The number of carbonyl (C=O) groups is 1. The Kier molecular flexibility index (Phi) is 3.99. The molecule has 1 atom stereocenters. The summed E-state index contributed by atoms with van der Waals surface area (Å²) in [5.74, 6) is 0.167. The molecule has 0 radical (unpaired) electrons. The lowest BCUT2D eigenvalue weighted by molar-refractivity contribution is -0.122. The highest BCUT2D eigenvalue weighted by Gasteiger charge is 2.30. The highest BCUT2D eigenvalue weighted by Crippen LogP contribution is 2.23. The molecule has 0 spiro atoms. The van der Waals surface area contributed by atoms with Gasteiger partial charge in [-0.05, 0) is 38.6 Å². The van der Waals surface area contributed by atoms with E-state index in [1.165, 1.54) is 0 Å². The monoisotopic (exact) mass is 247 g/mol. The van der Waals surface area contributed by atoms with Crippen molar-refractivity contribution in [3.05, 3.63) is 29.8 Å². The Labute approximate surface area is 108 Å². The van der Waals surface area contributed by atoms with Gasteiger partial charge in [0, 0.05) is 18.3 Å². The van der Waals surface area contributed by atoms with Gasteiger partial charge in [0.05, 0.1) is 6.54 Å². The van der Waals surface area contributed by atoms with E-state index in [9.17, 15) is 4.79 Å². The van der Waals surface area contributed by atoms with Gasteiger partial charge in [-0.15, -0.1) is 0 Å². The molecule has 1 aliphatic rings. The summed E-state index contributed by atoms with van der Waals surface area (Å²) in [5, 5.41) is 0. The van der Waals surface area contributed by atoms with Crippen LogP contribution in [-0.4, -0.2) is 43.5 Å². The molecule has 4 heteroatoms. The van der Waals surface area contributed by atoms with Gasteiger partial charge in [-0.25, -0.2) is 0 Å². The van der Waals surface area contributed by atoms with Crippen molar-refractivity contribution in [2.24, 2.45) is 5.73 Å². The van der Waals surface area contributed by atoms with Gasteiger partial charge in [0.25, 0.3) is 0 Å². The number of nitrogens with two attached hydrogens (primary N) is 1. The third-order valence-corrected chi connectivity index (χ3v) is 3.61. The summed E-state index contributed by atoms with van der Waals surface area (Å²) < 4.78 is 0. The van der Waals surface area contributed by atoms with E-state index in [1.54, 1.807) is 0 Å². The van der Waals surface area contributed by atoms with Crippen LogP contribution in [-0.2, 0) is 4.79 Å². The van der Waals surface area contributed by atoms with Gasteiger partial charge in [0.15, 0.2) is 0 Å². The van der Waals surface area contributed by atoms with Crippen molar-refractivity contribution in [1.82, 2.24) is 4.90 Å². The molecule has 2 rings (SSSR count). The summed E-state index contributed by atoms with van der Waals surface area (Å²) in [6.45, 7) is 3.90. The van der Waals surface area contributed by atoms with Crippen molar-refractivity contribution in [3.8, 4) is 0 Å². The Balaban J connectivity index is 2.22. The fourth-order valence-corrected chi connectivity index (χ4v) is 2.48. The number of likely N-dealkylation sites (N-methyl/N-ethyl adjacent to an activating group) is 1. The zero-order valence-corrected chi connectivity index (χ0v) is 11.1. The Morgan fingerprint density at radius 1 is 1.39 bits per heavy atom. The molecule has 0 aliphatic carbocycles. The number of amides is 1. The molecule has 1 saturated heterocycles. The first kappa shape index (κ1) is 13.1. The zero-order chi connectivity index (χ0) is 13.1. The minimum absolute atomic E-state index is 0.167. The maximum Gasteiger partial charge on any atom is 0.241 e. The minimum Gasteiger partial charge on any atom is -0.330 e. The van der Waals surface area contributed by atoms with Crippen molar-refractivity contribution in [2.45, 2.75) is 19.4 Å². The number of nitrogens with zero attached hydrogens (tertiary/aromatic N) is 2. The molecule has 0 aromatic heterocycles. The predicted molar refractivity (Wildman–Crippen MR) is 73.6 cm³/mol. The summed E-state index contributed by atoms with van der Waals surface area (Å²) in [7, 11) is 1.99. The minimum atomic E-state index is 0.167.